The van der Waals surface area contributed by atoms with E-state index in [0.29, 0.717) is 22.7 Å². The molecular formula is C18H16N2O4. The van der Waals surface area contributed by atoms with Crippen molar-refractivity contribution in [2.45, 2.75) is 13.5 Å². The van der Waals surface area contributed by atoms with E-state index in [1.165, 1.54) is 11.5 Å². The van der Waals surface area contributed by atoms with Crippen molar-refractivity contribution in [3.63, 3.8) is 0 Å². The molecule has 0 radical (unpaired) electrons. The molecular weight excluding hydrogens is 308 g/mol. The summed E-state index contributed by atoms with van der Waals surface area (Å²) < 4.78 is 11.6. The van der Waals surface area contributed by atoms with Gasteiger partial charge in [-0.3, -0.25) is 13.9 Å². The van der Waals surface area contributed by atoms with E-state index in [4.69, 9.17) is 9.26 Å². The average Bonchev–Trinajstić information content (AvgIpc) is 2.96. The molecule has 0 aliphatic carbocycles. The lowest BCUT2D eigenvalue weighted by Crippen LogP contribution is -2.17. The summed E-state index contributed by atoms with van der Waals surface area (Å²) in [5, 5.41) is 3.86. The SMILES string of the molecule is COc1ccc(C(C)=O)cc1Cn1c(-c2ccccc2)noc1=O. The van der Waals surface area contributed by atoms with Gasteiger partial charge < -0.3 is 4.74 Å². The van der Waals surface area contributed by atoms with Crippen molar-refractivity contribution in [1.82, 2.24) is 9.72 Å². The number of carbonyl (C=O) groups is 1. The van der Waals surface area contributed by atoms with Crippen molar-refractivity contribution in [2.75, 3.05) is 7.11 Å². The average molecular weight is 324 g/mol. The number of methoxy groups -OCH3 is 1. The van der Waals surface area contributed by atoms with Crippen LogP contribution in [-0.2, 0) is 6.54 Å². The Morgan fingerprint density at radius 2 is 1.96 bits per heavy atom. The Bertz CT molecular complexity index is 926. The van der Waals surface area contributed by atoms with Crippen LogP contribution in [0, 0.1) is 0 Å². The Kier molecular flexibility index (Phi) is 4.29. The lowest BCUT2D eigenvalue weighted by Gasteiger charge is -2.11. The highest BCUT2D eigenvalue weighted by Gasteiger charge is 2.16. The maximum Gasteiger partial charge on any atom is 0.442 e. The quantitative estimate of drug-likeness (QED) is 0.675. The molecule has 0 aliphatic heterocycles. The smallest absolute Gasteiger partial charge is 0.442 e. The van der Waals surface area contributed by atoms with Crippen LogP contribution in [-0.4, -0.2) is 22.6 Å². The van der Waals surface area contributed by atoms with Gasteiger partial charge in [-0.2, -0.15) is 0 Å². The van der Waals surface area contributed by atoms with E-state index in [9.17, 15) is 9.59 Å². The summed E-state index contributed by atoms with van der Waals surface area (Å²) in [6, 6.07) is 14.4. The number of carbonyl (C=O) groups excluding carboxylic acids is 1. The third kappa shape index (κ3) is 2.99. The fourth-order valence-electron chi connectivity index (χ4n) is 2.49. The lowest BCUT2D eigenvalue weighted by molar-refractivity contribution is 0.101. The highest BCUT2D eigenvalue weighted by molar-refractivity contribution is 5.94. The first-order chi connectivity index (χ1) is 11.6. The van der Waals surface area contributed by atoms with Crippen LogP contribution in [0.2, 0.25) is 0 Å². The zero-order chi connectivity index (χ0) is 17.1. The van der Waals surface area contributed by atoms with Crippen molar-refractivity contribution in [3.8, 4) is 17.1 Å². The number of aromatic nitrogens is 2. The first-order valence-corrected chi connectivity index (χ1v) is 7.40. The molecule has 0 amide bonds. The number of ether oxygens (including phenoxy) is 1. The Morgan fingerprint density at radius 3 is 2.62 bits per heavy atom. The fraction of sp³-hybridized carbons (Fsp3) is 0.167. The van der Waals surface area contributed by atoms with Gasteiger partial charge in [-0.1, -0.05) is 35.5 Å². The van der Waals surface area contributed by atoms with Crippen molar-refractivity contribution in [3.05, 3.63) is 70.2 Å². The monoisotopic (exact) mass is 324 g/mol. The minimum absolute atomic E-state index is 0.0557. The molecule has 1 aromatic heterocycles. The molecule has 1 heterocycles. The van der Waals surface area contributed by atoms with Gasteiger partial charge in [0.25, 0.3) is 0 Å². The maximum absolute atomic E-state index is 12.1. The number of ketones is 1. The second kappa shape index (κ2) is 6.54. The summed E-state index contributed by atoms with van der Waals surface area (Å²) in [4.78, 5) is 23.7. The van der Waals surface area contributed by atoms with Gasteiger partial charge in [-0.15, -0.1) is 0 Å². The lowest BCUT2D eigenvalue weighted by atomic mass is 10.1. The van der Waals surface area contributed by atoms with E-state index in [0.717, 1.165) is 5.56 Å². The van der Waals surface area contributed by atoms with E-state index < -0.39 is 5.76 Å². The van der Waals surface area contributed by atoms with Crippen LogP contribution in [0.1, 0.15) is 22.8 Å². The summed E-state index contributed by atoms with van der Waals surface area (Å²) in [5.74, 6) is 0.395. The minimum atomic E-state index is -0.566. The standard InChI is InChI=1S/C18H16N2O4/c1-12(21)14-8-9-16(23-2)15(10-14)11-20-17(19-24-18(20)22)13-6-4-3-5-7-13/h3-10H,11H2,1-2H3. The number of rotatable bonds is 5. The number of hydrogen-bond donors (Lipinski definition) is 0. The largest absolute Gasteiger partial charge is 0.496 e. The fourth-order valence-corrected chi connectivity index (χ4v) is 2.49. The Hall–Kier alpha value is -3.15. The molecule has 6 heteroatoms. The molecule has 6 nitrogen and oxygen atoms in total. The molecule has 3 rings (SSSR count). The number of hydrogen-bond acceptors (Lipinski definition) is 5. The van der Waals surface area contributed by atoms with Crippen LogP contribution in [0.25, 0.3) is 11.4 Å². The van der Waals surface area contributed by atoms with Crippen LogP contribution in [0.3, 0.4) is 0 Å². The highest BCUT2D eigenvalue weighted by atomic mass is 16.5. The third-order valence-electron chi connectivity index (χ3n) is 3.73. The van der Waals surface area contributed by atoms with Crippen LogP contribution in [0.15, 0.2) is 57.8 Å². The summed E-state index contributed by atoms with van der Waals surface area (Å²) in [6.07, 6.45) is 0. The van der Waals surface area contributed by atoms with Crippen molar-refractivity contribution >= 4 is 5.78 Å². The molecule has 0 spiro atoms. The molecule has 24 heavy (non-hydrogen) atoms. The van der Waals surface area contributed by atoms with Gasteiger partial charge in [0.15, 0.2) is 11.6 Å². The van der Waals surface area contributed by atoms with E-state index >= 15 is 0 Å². The zero-order valence-electron chi connectivity index (χ0n) is 13.4. The molecule has 0 saturated carbocycles. The number of Topliss-reactive ketones (excluding diaryl/α,β-unsaturated/α-hetero) is 1. The van der Waals surface area contributed by atoms with E-state index in [1.807, 2.05) is 30.3 Å². The van der Waals surface area contributed by atoms with Gasteiger partial charge in [-0.25, -0.2) is 4.79 Å². The van der Waals surface area contributed by atoms with Gasteiger partial charge in [0.2, 0.25) is 0 Å². The number of benzene rings is 2. The molecule has 122 valence electrons. The first-order valence-electron chi connectivity index (χ1n) is 7.40. The molecule has 3 aromatic rings. The van der Waals surface area contributed by atoms with E-state index in [-0.39, 0.29) is 12.3 Å². The van der Waals surface area contributed by atoms with Crippen molar-refractivity contribution in [1.29, 1.82) is 0 Å². The molecule has 0 bridgehead atoms. The molecule has 0 saturated heterocycles. The van der Waals surface area contributed by atoms with E-state index in [1.54, 1.807) is 25.3 Å². The van der Waals surface area contributed by atoms with E-state index in [2.05, 4.69) is 5.16 Å². The predicted octanol–water partition coefficient (Wildman–Crippen LogP) is 2.76. The van der Waals surface area contributed by atoms with Crippen LogP contribution in [0.4, 0.5) is 0 Å². The third-order valence-corrected chi connectivity index (χ3v) is 3.73. The van der Waals surface area contributed by atoms with Gasteiger partial charge in [-0.05, 0) is 25.1 Å². The van der Waals surface area contributed by atoms with Crippen LogP contribution in [0.5, 0.6) is 5.75 Å². The maximum atomic E-state index is 12.1. The van der Waals surface area contributed by atoms with Crippen molar-refractivity contribution < 1.29 is 14.1 Å². The summed E-state index contributed by atoms with van der Waals surface area (Å²) in [6.45, 7) is 1.68. The summed E-state index contributed by atoms with van der Waals surface area (Å²) >= 11 is 0. The molecule has 2 aromatic carbocycles. The molecule has 0 fully saturated rings. The van der Waals surface area contributed by atoms with Gasteiger partial charge in [0.05, 0.1) is 13.7 Å². The van der Waals surface area contributed by atoms with Crippen LogP contribution < -0.4 is 10.5 Å². The molecule has 0 aliphatic rings. The van der Waals surface area contributed by atoms with Gasteiger partial charge in [0, 0.05) is 16.7 Å². The van der Waals surface area contributed by atoms with Gasteiger partial charge >= 0.3 is 5.76 Å². The Balaban J connectivity index is 2.07. The second-order valence-electron chi connectivity index (χ2n) is 5.31. The minimum Gasteiger partial charge on any atom is -0.496 e. The Labute approximate surface area is 138 Å². The molecule has 0 unspecified atom stereocenters. The molecule has 0 atom stereocenters. The highest BCUT2D eigenvalue weighted by Crippen LogP contribution is 2.23. The normalized spacial score (nSPS) is 10.6. The Morgan fingerprint density at radius 1 is 1.21 bits per heavy atom. The first kappa shape index (κ1) is 15.7. The second-order valence-corrected chi connectivity index (χ2v) is 5.31. The van der Waals surface area contributed by atoms with Gasteiger partial charge in [0.1, 0.15) is 5.75 Å². The summed E-state index contributed by atoms with van der Waals surface area (Å²) in [7, 11) is 1.54. The topological polar surface area (TPSA) is 74.3 Å². The number of nitrogens with zero attached hydrogens (tertiary/aromatic N) is 2. The zero-order valence-corrected chi connectivity index (χ0v) is 13.4. The summed E-state index contributed by atoms with van der Waals surface area (Å²) in [5.41, 5.74) is 2.02. The van der Waals surface area contributed by atoms with Crippen molar-refractivity contribution in [2.24, 2.45) is 0 Å². The predicted molar refractivity (Wildman–Crippen MR) is 88.3 cm³/mol. The van der Waals surface area contributed by atoms with Crippen LogP contribution >= 0.6 is 0 Å². The molecule has 0 N–H and O–H groups in total.